The molecular weight excluding hydrogens is 195 g/mol. The summed E-state index contributed by atoms with van der Waals surface area (Å²) >= 11 is 11.6. The smallest absolute Gasteiger partial charge is 0.116 e. The van der Waals surface area contributed by atoms with Gasteiger partial charge >= 0.3 is 0 Å². The van der Waals surface area contributed by atoms with Crippen molar-refractivity contribution in [1.29, 1.82) is 0 Å². The molecule has 4 heteroatoms. The van der Waals surface area contributed by atoms with E-state index in [1.165, 1.54) is 0 Å². The van der Waals surface area contributed by atoms with E-state index >= 15 is 0 Å². The summed E-state index contributed by atoms with van der Waals surface area (Å²) in [6, 6.07) is 6.01. The third kappa shape index (κ3) is 1.08. The van der Waals surface area contributed by atoms with Crippen molar-refractivity contribution in [3.63, 3.8) is 0 Å². The second-order valence-electron chi connectivity index (χ2n) is 2.44. The van der Waals surface area contributed by atoms with Crippen LogP contribution in [0.1, 0.15) is 0 Å². The lowest BCUT2D eigenvalue weighted by Gasteiger charge is -1.96. The first-order chi connectivity index (χ1) is 5.83. The second kappa shape index (κ2) is 2.96. The summed E-state index contributed by atoms with van der Waals surface area (Å²) in [5.41, 5.74) is 0.970. The lowest BCUT2D eigenvalue weighted by Crippen LogP contribution is -1.92. The summed E-state index contributed by atoms with van der Waals surface area (Å²) in [7, 11) is 0. The van der Waals surface area contributed by atoms with Crippen molar-refractivity contribution in [2.45, 2.75) is 6.00 Å². The van der Waals surface area contributed by atoms with Gasteiger partial charge in [-0.3, -0.25) is 0 Å². The van der Waals surface area contributed by atoms with E-state index in [9.17, 15) is 0 Å². The zero-order chi connectivity index (χ0) is 8.55. The lowest BCUT2D eigenvalue weighted by molar-refractivity contribution is 0.772. The van der Waals surface area contributed by atoms with Crippen LogP contribution in [0.4, 0.5) is 0 Å². The third-order valence-electron chi connectivity index (χ3n) is 1.75. The predicted octanol–water partition coefficient (Wildman–Crippen LogP) is 2.89. The molecule has 0 saturated carbocycles. The molecule has 0 radical (unpaired) electrons. The monoisotopic (exact) mass is 200 g/mol. The van der Waals surface area contributed by atoms with Crippen LogP contribution in [-0.4, -0.2) is 9.78 Å². The van der Waals surface area contributed by atoms with Crippen LogP contribution in [0.25, 0.3) is 10.9 Å². The Kier molecular flexibility index (Phi) is 1.95. The van der Waals surface area contributed by atoms with Crippen molar-refractivity contribution < 1.29 is 0 Å². The minimum atomic E-state index is 0.351. The summed E-state index contributed by atoms with van der Waals surface area (Å²) in [6.45, 7) is 0. The zero-order valence-corrected chi connectivity index (χ0v) is 7.68. The van der Waals surface area contributed by atoms with E-state index in [0.717, 1.165) is 10.9 Å². The van der Waals surface area contributed by atoms with E-state index < -0.39 is 0 Å². The Labute approximate surface area is 79.7 Å². The number of aromatic nitrogens is 2. The molecule has 1 aromatic carbocycles. The largest absolute Gasteiger partial charge is 0.250 e. The van der Waals surface area contributed by atoms with Gasteiger partial charge in [0, 0.05) is 5.39 Å². The van der Waals surface area contributed by atoms with Crippen LogP contribution >= 0.6 is 23.2 Å². The highest BCUT2D eigenvalue weighted by molar-refractivity contribution is 6.35. The maximum absolute atomic E-state index is 5.93. The normalized spacial score (nSPS) is 10.8. The molecule has 1 aromatic heterocycles. The third-order valence-corrected chi connectivity index (χ3v) is 2.30. The van der Waals surface area contributed by atoms with Crippen LogP contribution < -0.4 is 0 Å². The highest BCUT2D eigenvalue weighted by Crippen LogP contribution is 2.22. The maximum Gasteiger partial charge on any atom is 0.116 e. The highest BCUT2D eigenvalue weighted by Gasteiger charge is 2.03. The summed E-state index contributed by atoms with van der Waals surface area (Å²) in [4.78, 5) is 0. The van der Waals surface area contributed by atoms with E-state index in [1.54, 1.807) is 10.9 Å². The Morgan fingerprint density at radius 3 is 3.00 bits per heavy atom. The van der Waals surface area contributed by atoms with Gasteiger partial charge in [0.25, 0.3) is 0 Å². The zero-order valence-electron chi connectivity index (χ0n) is 6.17. The number of benzene rings is 1. The first-order valence-corrected chi connectivity index (χ1v) is 4.40. The van der Waals surface area contributed by atoms with E-state index in [1.807, 2.05) is 18.2 Å². The molecule has 0 bridgehead atoms. The van der Waals surface area contributed by atoms with Crippen LogP contribution in [0.15, 0.2) is 24.4 Å². The molecule has 0 aliphatic rings. The summed E-state index contributed by atoms with van der Waals surface area (Å²) in [5, 5.41) is 5.73. The highest BCUT2D eigenvalue weighted by atomic mass is 35.5. The Bertz CT molecular complexity index is 408. The number of halogens is 2. The predicted molar refractivity (Wildman–Crippen MR) is 50.6 cm³/mol. The molecule has 2 aromatic rings. The van der Waals surface area contributed by atoms with Crippen molar-refractivity contribution >= 4 is 34.1 Å². The van der Waals surface area contributed by atoms with Crippen molar-refractivity contribution in [3.8, 4) is 0 Å². The van der Waals surface area contributed by atoms with Gasteiger partial charge in [0.1, 0.15) is 6.00 Å². The van der Waals surface area contributed by atoms with Gasteiger partial charge in [0.05, 0.1) is 16.7 Å². The van der Waals surface area contributed by atoms with Crippen LogP contribution in [0.5, 0.6) is 0 Å². The molecule has 0 saturated heterocycles. The number of rotatable bonds is 1. The van der Waals surface area contributed by atoms with E-state index in [4.69, 9.17) is 23.2 Å². The SMILES string of the molecule is ClCn1ncc2c(Cl)cccc21. The molecular formula is C8H6Cl2N2. The molecule has 12 heavy (non-hydrogen) atoms. The number of nitrogens with zero attached hydrogens (tertiary/aromatic N) is 2. The first-order valence-electron chi connectivity index (χ1n) is 3.49. The number of fused-ring (bicyclic) bond motifs is 1. The quantitative estimate of drug-likeness (QED) is 0.648. The van der Waals surface area contributed by atoms with Gasteiger partial charge in [-0.1, -0.05) is 17.7 Å². The van der Waals surface area contributed by atoms with Gasteiger partial charge in [-0.2, -0.15) is 5.10 Å². The molecule has 1 heterocycles. The molecule has 0 fully saturated rings. The van der Waals surface area contributed by atoms with Gasteiger partial charge in [0.15, 0.2) is 0 Å². The molecule has 62 valence electrons. The van der Waals surface area contributed by atoms with Crippen LogP contribution in [0.3, 0.4) is 0 Å². The average Bonchev–Trinajstić information content (AvgIpc) is 2.49. The Morgan fingerprint density at radius 1 is 1.42 bits per heavy atom. The van der Waals surface area contributed by atoms with Gasteiger partial charge < -0.3 is 0 Å². The first kappa shape index (κ1) is 7.90. The standard InChI is InChI=1S/C8H6Cl2N2/c9-5-12-8-3-1-2-7(10)6(8)4-11-12/h1-4H,5H2. The minimum Gasteiger partial charge on any atom is -0.250 e. The van der Waals surface area contributed by atoms with Crippen LogP contribution in [-0.2, 0) is 6.00 Å². The van der Waals surface area contributed by atoms with Crippen molar-refractivity contribution in [2.24, 2.45) is 0 Å². The Balaban J connectivity index is 2.80. The molecule has 2 nitrogen and oxygen atoms in total. The molecule has 2 rings (SSSR count). The van der Waals surface area contributed by atoms with E-state index in [2.05, 4.69) is 5.10 Å². The molecule has 0 unspecified atom stereocenters. The van der Waals surface area contributed by atoms with Gasteiger partial charge in [0.2, 0.25) is 0 Å². The number of alkyl halides is 1. The van der Waals surface area contributed by atoms with Crippen molar-refractivity contribution in [1.82, 2.24) is 9.78 Å². The lowest BCUT2D eigenvalue weighted by atomic mass is 10.2. The van der Waals surface area contributed by atoms with Crippen LogP contribution in [0.2, 0.25) is 5.02 Å². The van der Waals surface area contributed by atoms with E-state index in [0.29, 0.717) is 11.0 Å². The number of hydrogen-bond acceptors (Lipinski definition) is 1. The summed E-state index contributed by atoms with van der Waals surface area (Å²) in [5.74, 6) is 0. The van der Waals surface area contributed by atoms with E-state index in [-0.39, 0.29) is 0 Å². The molecule has 0 spiro atoms. The van der Waals surface area contributed by atoms with Crippen LogP contribution in [0, 0.1) is 0 Å². The fourth-order valence-corrected chi connectivity index (χ4v) is 1.57. The minimum absolute atomic E-state index is 0.351. The average molecular weight is 201 g/mol. The number of hydrogen-bond donors (Lipinski definition) is 0. The fraction of sp³-hybridized carbons (Fsp3) is 0.125. The van der Waals surface area contributed by atoms with Gasteiger partial charge in [-0.25, -0.2) is 4.68 Å². The molecule has 0 aliphatic carbocycles. The molecule has 0 N–H and O–H groups in total. The van der Waals surface area contributed by atoms with Gasteiger partial charge in [-0.05, 0) is 12.1 Å². The fourth-order valence-electron chi connectivity index (χ4n) is 1.16. The molecule has 0 atom stereocenters. The van der Waals surface area contributed by atoms with Gasteiger partial charge in [-0.15, -0.1) is 11.6 Å². The van der Waals surface area contributed by atoms with Crippen molar-refractivity contribution in [3.05, 3.63) is 29.4 Å². The Hall–Kier alpha value is -0.730. The Morgan fingerprint density at radius 2 is 2.25 bits per heavy atom. The second-order valence-corrected chi connectivity index (χ2v) is 3.08. The van der Waals surface area contributed by atoms with Crippen molar-refractivity contribution in [2.75, 3.05) is 0 Å². The summed E-state index contributed by atoms with van der Waals surface area (Å²) < 4.78 is 1.70. The molecule has 0 aliphatic heterocycles. The summed E-state index contributed by atoms with van der Waals surface area (Å²) in [6.07, 6.45) is 1.72. The maximum atomic E-state index is 5.93. The topological polar surface area (TPSA) is 17.8 Å². The molecule has 0 amide bonds.